The number of hydrogen-bond donors (Lipinski definition) is 0. The molecule has 0 fully saturated rings. The first-order valence-electron chi connectivity index (χ1n) is 8.00. The number of fused-ring (bicyclic) bond motifs is 1. The van der Waals surface area contributed by atoms with Crippen molar-refractivity contribution in [2.45, 2.75) is 39.7 Å². The van der Waals surface area contributed by atoms with Crippen molar-refractivity contribution < 1.29 is 8.78 Å². The Hall–Kier alpha value is -2.23. The van der Waals surface area contributed by atoms with E-state index in [-0.39, 0.29) is 11.5 Å². The van der Waals surface area contributed by atoms with Crippen LogP contribution in [0.2, 0.25) is 0 Å². The van der Waals surface area contributed by atoms with Gasteiger partial charge in [0.15, 0.2) is 0 Å². The van der Waals surface area contributed by atoms with E-state index < -0.39 is 11.6 Å². The van der Waals surface area contributed by atoms with Gasteiger partial charge in [-0.1, -0.05) is 26.0 Å². The molecule has 0 aliphatic carbocycles. The second kappa shape index (κ2) is 6.11. The van der Waals surface area contributed by atoms with Gasteiger partial charge in [-0.25, -0.2) is 8.78 Å². The number of halogens is 2. The molecule has 23 heavy (non-hydrogen) atoms. The fraction of sp³-hybridized carbons (Fsp3) is 0.316. The molecule has 1 aromatic heterocycles. The zero-order valence-electron chi connectivity index (χ0n) is 13.6. The SMILES string of the molecule is CCC(C)c1c(F)cc(-c2cccc3nn(CC)cc23)cc1F. The van der Waals surface area contributed by atoms with E-state index in [1.165, 1.54) is 12.1 Å². The van der Waals surface area contributed by atoms with Gasteiger partial charge >= 0.3 is 0 Å². The van der Waals surface area contributed by atoms with E-state index in [0.29, 0.717) is 12.0 Å². The number of rotatable bonds is 4. The van der Waals surface area contributed by atoms with Crippen LogP contribution in [0.4, 0.5) is 8.78 Å². The summed E-state index contributed by atoms with van der Waals surface area (Å²) in [6, 6.07) is 8.51. The molecule has 0 saturated carbocycles. The van der Waals surface area contributed by atoms with Gasteiger partial charge in [0.05, 0.1) is 5.52 Å². The van der Waals surface area contributed by atoms with Crippen molar-refractivity contribution in [2.75, 3.05) is 0 Å². The molecule has 0 saturated heterocycles. The minimum absolute atomic E-state index is 0.136. The predicted molar refractivity (Wildman–Crippen MR) is 89.5 cm³/mol. The van der Waals surface area contributed by atoms with Crippen LogP contribution in [0.1, 0.15) is 38.7 Å². The standard InChI is InChI=1S/C19H20F2N2/c1-4-12(3)19-16(20)9-13(10-17(19)21)14-7-6-8-18-15(14)11-23(5-2)22-18/h6-12H,4-5H2,1-3H3. The van der Waals surface area contributed by atoms with Crippen LogP contribution in [0.5, 0.6) is 0 Å². The molecule has 0 amide bonds. The minimum Gasteiger partial charge on any atom is -0.272 e. The molecule has 1 heterocycles. The third kappa shape index (κ3) is 2.74. The van der Waals surface area contributed by atoms with Crippen LogP contribution in [0.3, 0.4) is 0 Å². The summed E-state index contributed by atoms with van der Waals surface area (Å²) < 4.78 is 30.7. The normalized spacial score (nSPS) is 12.7. The molecule has 0 aliphatic rings. The Morgan fingerprint density at radius 3 is 2.43 bits per heavy atom. The minimum atomic E-state index is -0.478. The van der Waals surface area contributed by atoms with Crippen molar-refractivity contribution in [2.24, 2.45) is 0 Å². The molecule has 2 aromatic carbocycles. The van der Waals surface area contributed by atoms with Crippen LogP contribution in [0.25, 0.3) is 22.0 Å². The van der Waals surface area contributed by atoms with Gasteiger partial charge < -0.3 is 0 Å². The lowest BCUT2D eigenvalue weighted by atomic mass is 9.93. The molecule has 120 valence electrons. The number of aromatic nitrogens is 2. The van der Waals surface area contributed by atoms with Gasteiger partial charge in [-0.15, -0.1) is 0 Å². The van der Waals surface area contributed by atoms with E-state index in [2.05, 4.69) is 5.10 Å². The van der Waals surface area contributed by atoms with Gasteiger partial charge in [0, 0.05) is 23.7 Å². The lowest BCUT2D eigenvalue weighted by molar-refractivity contribution is 0.528. The molecule has 1 unspecified atom stereocenters. The third-order valence-electron chi connectivity index (χ3n) is 4.42. The third-order valence-corrected chi connectivity index (χ3v) is 4.42. The maximum atomic E-state index is 14.4. The van der Waals surface area contributed by atoms with E-state index in [4.69, 9.17) is 0 Å². The molecule has 0 aliphatic heterocycles. The second-order valence-electron chi connectivity index (χ2n) is 5.89. The molecule has 0 spiro atoms. The van der Waals surface area contributed by atoms with Crippen LogP contribution < -0.4 is 0 Å². The summed E-state index contributed by atoms with van der Waals surface area (Å²) in [6.45, 7) is 6.53. The molecule has 0 bridgehead atoms. The van der Waals surface area contributed by atoms with E-state index in [0.717, 1.165) is 23.0 Å². The van der Waals surface area contributed by atoms with Gasteiger partial charge in [0.2, 0.25) is 0 Å². The molecule has 0 radical (unpaired) electrons. The Morgan fingerprint density at radius 1 is 1.13 bits per heavy atom. The smallest absolute Gasteiger partial charge is 0.130 e. The van der Waals surface area contributed by atoms with E-state index >= 15 is 0 Å². The quantitative estimate of drug-likeness (QED) is 0.620. The molecule has 0 N–H and O–H groups in total. The Morgan fingerprint density at radius 2 is 1.83 bits per heavy atom. The summed E-state index contributed by atoms with van der Waals surface area (Å²) in [5.74, 6) is -1.09. The van der Waals surface area contributed by atoms with E-state index in [1.54, 1.807) is 0 Å². The van der Waals surface area contributed by atoms with Gasteiger partial charge in [0.25, 0.3) is 0 Å². The number of aryl methyl sites for hydroxylation is 1. The fourth-order valence-corrected chi connectivity index (χ4v) is 2.92. The van der Waals surface area contributed by atoms with Crippen LogP contribution in [0, 0.1) is 11.6 Å². The topological polar surface area (TPSA) is 17.8 Å². The van der Waals surface area contributed by atoms with Crippen molar-refractivity contribution in [3.05, 3.63) is 53.7 Å². The molecule has 2 nitrogen and oxygen atoms in total. The number of nitrogens with zero attached hydrogens (tertiary/aromatic N) is 2. The zero-order valence-corrected chi connectivity index (χ0v) is 13.6. The zero-order chi connectivity index (χ0) is 16.6. The van der Waals surface area contributed by atoms with Crippen LogP contribution in [-0.4, -0.2) is 9.78 Å². The molecule has 1 atom stereocenters. The molecule has 4 heteroatoms. The van der Waals surface area contributed by atoms with Gasteiger partial charge in [0.1, 0.15) is 11.6 Å². The molecule has 3 rings (SSSR count). The summed E-state index contributed by atoms with van der Waals surface area (Å²) in [4.78, 5) is 0. The summed E-state index contributed by atoms with van der Waals surface area (Å²) in [7, 11) is 0. The number of benzene rings is 2. The van der Waals surface area contributed by atoms with Crippen LogP contribution in [-0.2, 0) is 6.54 Å². The number of hydrogen-bond acceptors (Lipinski definition) is 1. The second-order valence-corrected chi connectivity index (χ2v) is 5.89. The van der Waals surface area contributed by atoms with Gasteiger partial charge in [-0.3, -0.25) is 4.68 Å². The van der Waals surface area contributed by atoms with E-state index in [9.17, 15) is 8.78 Å². The maximum absolute atomic E-state index is 14.4. The van der Waals surface area contributed by atoms with Crippen molar-refractivity contribution in [1.29, 1.82) is 0 Å². The summed E-state index contributed by atoms with van der Waals surface area (Å²) >= 11 is 0. The highest BCUT2D eigenvalue weighted by molar-refractivity contribution is 5.94. The fourth-order valence-electron chi connectivity index (χ4n) is 2.92. The maximum Gasteiger partial charge on any atom is 0.130 e. The van der Waals surface area contributed by atoms with Gasteiger partial charge in [-0.2, -0.15) is 5.10 Å². The largest absolute Gasteiger partial charge is 0.272 e. The van der Waals surface area contributed by atoms with Crippen molar-refractivity contribution in [1.82, 2.24) is 9.78 Å². The highest BCUT2D eigenvalue weighted by Crippen LogP contribution is 2.33. The Bertz CT molecular complexity index is 829. The van der Waals surface area contributed by atoms with Crippen molar-refractivity contribution in [3.8, 4) is 11.1 Å². The Kier molecular flexibility index (Phi) is 4.16. The van der Waals surface area contributed by atoms with Crippen LogP contribution in [0.15, 0.2) is 36.5 Å². The average Bonchev–Trinajstić information content (AvgIpc) is 2.96. The first-order chi connectivity index (χ1) is 11.0. The molecular weight excluding hydrogens is 294 g/mol. The lowest BCUT2D eigenvalue weighted by Crippen LogP contribution is -2.01. The summed E-state index contributed by atoms with van der Waals surface area (Å²) in [5.41, 5.74) is 2.35. The Labute approximate surface area is 134 Å². The summed E-state index contributed by atoms with van der Waals surface area (Å²) in [6.07, 6.45) is 2.62. The van der Waals surface area contributed by atoms with Crippen LogP contribution >= 0.6 is 0 Å². The first kappa shape index (κ1) is 15.7. The first-order valence-corrected chi connectivity index (χ1v) is 8.00. The average molecular weight is 314 g/mol. The predicted octanol–water partition coefficient (Wildman–Crippen LogP) is 5.51. The lowest BCUT2D eigenvalue weighted by Gasteiger charge is -2.13. The molecular formula is C19H20F2N2. The van der Waals surface area contributed by atoms with Crippen molar-refractivity contribution in [3.63, 3.8) is 0 Å². The molecule has 3 aromatic rings. The summed E-state index contributed by atoms with van der Waals surface area (Å²) in [5, 5.41) is 5.36. The monoisotopic (exact) mass is 314 g/mol. The Balaban J connectivity index is 2.18. The van der Waals surface area contributed by atoms with Crippen molar-refractivity contribution >= 4 is 10.9 Å². The highest BCUT2D eigenvalue weighted by Gasteiger charge is 2.18. The van der Waals surface area contributed by atoms with E-state index in [1.807, 2.05) is 49.8 Å². The highest BCUT2D eigenvalue weighted by atomic mass is 19.1. The van der Waals surface area contributed by atoms with Gasteiger partial charge in [-0.05, 0) is 48.6 Å².